The Morgan fingerprint density at radius 3 is 1.79 bits per heavy atom. The van der Waals surface area contributed by atoms with Crippen LogP contribution in [0.25, 0.3) is 5.82 Å². The Kier molecular flexibility index (Phi) is 3.69. The minimum atomic E-state index is -0.474. The lowest BCUT2D eigenvalue weighted by atomic mass is 9.53. The van der Waals surface area contributed by atoms with Crippen molar-refractivity contribution >= 4 is 11.4 Å². The molecule has 2 aromatic heterocycles. The van der Waals surface area contributed by atoms with Crippen LogP contribution in [-0.4, -0.2) is 29.4 Å². The number of aromatic nitrogens is 4. The summed E-state index contributed by atoms with van der Waals surface area (Å²) < 4.78 is 3.21. The van der Waals surface area contributed by atoms with Crippen molar-refractivity contribution in [2.24, 2.45) is 17.8 Å². The van der Waals surface area contributed by atoms with Crippen LogP contribution in [0.5, 0.6) is 0 Å². The number of hydrogen-bond donors (Lipinski definition) is 0. The zero-order chi connectivity index (χ0) is 20.7. The number of hydrogen-bond acceptors (Lipinski definition) is 6. The third-order valence-electron chi connectivity index (χ3n) is 7.28. The summed E-state index contributed by atoms with van der Waals surface area (Å²) >= 11 is 0. The van der Waals surface area contributed by atoms with Crippen LogP contribution >= 0.6 is 0 Å². The molecule has 2 aromatic rings. The van der Waals surface area contributed by atoms with Gasteiger partial charge in [-0.25, -0.2) is 9.36 Å². The molecule has 0 aromatic carbocycles. The SMILES string of the molecule is Cc1nn(-c2c([N+](=O)[O-])c(C)nn2C23CC4CC(CC(C4)C2)C3)c(C)c1[N+](=O)[O-]. The highest BCUT2D eigenvalue weighted by molar-refractivity contribution is 5.55. The fourth-order valence-corrected chi connectivity index (χ4v) is 6.67. The largest absolute Gasteiger partial charge is 0.336 e. The number of rotatable bonds is 4. The van der Waals surface area contributed by atoms with Crippen LogP contribution in [0.2, 0.25) is 0 Å². The molecule has 6 rings (SSSR count). The number of nitrogens with zero attached hydrogens (tertiary/aromatic N) is 6. The van der Waals surface area contributed by atoms with Crippen molar-refractivity contribution in [3.05, 3.63) is 37.3 Å². The second-order valence-corrected chi connectivity index (χ2v) is 9.26. The van der Waals surface area contributed by atoms with Gasteiger partial charge in [0.15, 0.2) is 0 Å². The van der Waals surface area contributed by atoms with Crippen molar-refractivity contribution in [3.63, 3.8) is 0 Å². The maximum atomic E-state index is 12.0. The molecule has 0 N–H and O–H groups in total. The van der Waals surface area contributed by atoms with E-state index in [1.54, 1.807) is 20.8 Å². The average Bonchev–Trinajstić information content (AvgIpc) is 3.10. The fourth-order valence-electron chi connectivity index (χ4n) is 6.67. The topological polar surface area (TPSA) is 122 Å². The molecule has 0 amide bonds. The van der Waals surface area contributed by atoms with Gasteiger partial charge < -0.3 is 0 Å². The summed E-state index contributed by atoms with van der Waals surface area (Å²) in [5.41, 5.74) is 0.399. The third-order valence-corrected chi connectivity index (χ3v) is 7.28. The van der Waals surface area contributed by atoms with Crippen molar-refractivity contribution in [2.75, 3.05) is 0 Å². The van der Waals surface area contributed by atoms with Crippen molar-refractivity contribution in [1.29, 1.82) is 0 Å². The van der Waals surface area contributed by atoms with Gasteiger partial charge in [0.1, 0.15) is 17.1 Å². The summed E-state index contributed by atoms with van der Waals surface area (Å²) in [5, 5.41) is 32.5. The molecule has 4 saturated carbocycles. The molecule has 0 atom stereocenters. The van der Waals surface area contributed by atoms with E-state index in [1.165, 1.54) is 23.9 Å². The fraction of sp³-hybridized carbons (Fsp3) is 0.684. The lowest BCUT2D eigenvalue weighted by Crippen LogP contribution is -2.52. The first-order chi connectivity index (χ1) is 13.7. The Morgan fingerprint density at radius 1 is 0.862 bits per heavy atom. The Balaban J connectivity index is 1.76. The first-order valence-electron chi connectivity index (χ1n) is 10.2. The molecule has 10 heteroatoms. The molecule has 10 nitrogen and oxygen atoms in total. The van der Waals surface area contributed by atoms with Crippen LogP contribution in [0.3, 0.4) is 0 Å². The number of nitro groups is 2. The smallest absolute Gasteiger partial charge is 0.258 e. The molecule has 29 heavy (non-hydrogen) atoms. The molecule has 2 heterocycles. The molecule has 0 spiro atoms. The quantitative estimate of drug-likeness (QED) is 0.569. The van der Waals surface area contributed by atoms with E-state index in [1.807, 2.05) is 4.68 Å². The Morgan fingerprint density at radius 2 is 1.34 bits per heavy atom. The van der Waals surface area contributed by atoms with E-state index in [4.69, 9.17) is 0 Å². The lowest BCUT2D eigenvalue weighted by Gasteiger charge is -2.56. The van der Waals surface area contributed by atoms with Gasteiger partial charge in [0.05, 0.1) is 15.4 Å². The van der Waals surface area contributed by atoms with Crippen LogP contribution in [0.15, 0.2) is 0 Å². The molecule has 0 saturated heterocycles. The maximum Gasteiger partial charge on any atom is 0.336 e. The number of aryl methyl sites for hydroxylation is 2. The normalized spacial score (nSPS) is 30.1. The van der Waals surface area contributed by atoms with E-state index >= 15 is 0 Å². The molecule has 4 bridgehead atoms. The molecular weight excluding hydrogens is 376 g/mol. The van der Waals surface area contributed by atoms with Gasteiger partial charge in [-0.2, -0.15) is 10.2 Å². The van der Waals surface area contributed by atoms with Crippen LogP contribution in [0.4, 0.5) is 11.4 Å². The summed E-state index contributed by atoms with van der Waals surface area (Å²) in [7, 11) is 0. The van der Waals surface area contributed by atoms with Gasteiger partial charge in [0.25, 0.3) is 0 Å². The van der Waals surface area contributed by atoms with Gasteiger partial charge in [-0.15, -0.1) is 0 Å². The van der Waals surface area contributed by atoms with Gasteiger partial charge in [0.2, 0.25) is 5.82 Å². The molecule has 0 radical (unpaired) electrons. The molecule has 4 aliphatic rings. The molecular formula is C19H24N6O4. The van der Waals surface area contributed by atoms with Crippen molar-refractivity contribution < 1.29 is 9.85 Å². The van der Waals surface area contributed by atoms with Gasteiger partial charge in [-0.05, 0) is 77.0 Å². The van der Waals surface area contributed by atoms with E-state index in [0.29, 0.717) is 29.1 Å². The van der Waals surface area contributed by atoms with E-state index in [2.05, 4.69) is 10.2 Å². The first-order valence-corrected chi connectivity index (χ1v) is 10.2. The van der Waals surface area contributed by atoms with Gasteiger partial charge in [-0.3, -0.25) is 20.2 Å². The van der Waals surface area contributed by atoms with Crippen molar-refractivity contribution in [3.8, 4) is 5.82 Å². The van der Waals surface area contributed by atoms with Crippen molar-refractivity contribution in [1.82, 2.24) is 19.6 Å². The van der Waals surface area contributed by atoms with Gasteiger partial charge in [0, 0.05) is 0 Å². The predicted octanol–water partition coefficient (Wildman–Crippen LogP) is 3.74. The molecule has 0 unspecified atom stereocenters. The summed E-state index contributed by atoms with van der Waals surface area (Å²) in [5.74, 6) is 2.16. The van der Waals surface area contributed by atoms with E-state index < -0.39 is 9.85 Å². The average molecular weight is 400 g/mol. The Labute approximate surface area is 167 Å². The highest BCUT2D eigenvalue weighted by atomic mass is 16.6. The van der Waals surface area contributed by atoms with E-state index in [-0.39, 0.29) is 28.4 Å². The van der Waals surface area contributed by atoms with Crippen LogP contribution < -0.4 is 0 Å². The van der Waals surface area contributed by atoms with Crippen LogP contribution in [-0.2, 0) is 5.54 Å². The third kappa shape index (κ3) is 2.47. The van der Waals surface area contributed by atoms with Gasteiger partial charge >= 0.3 is 11.4 Å². The monoisotopic (exact) mass is 400 g/mol. The standard InChI is InChI=1S/C19H24N6O4/c1-10-16(24(26)27)12(3)22(20-10)18-17(25(28)29)11(2)21-23(18)19-7-13-4-14(8-19)6-15(5-13)9-19/h13-15H,4-9H2,1-3H3. The first kappa shape index (κ1) is 18.3. The summed E-state index contributed by atoms with van der Waals surface area (Å²) in [6.45, 7) is 4.79. The summed E-state index contributed by atoms with van der Waals surface area (Å²) in [6, 6.07) is 0. The summed E-state index contributed by atoms with van der Waals surface area (Å²) in [6.07, 6.45) is 6.61. The molecule has 154 valence electrons. The van der Waals surface area contributed by atoms with Crippen LogP contribution in [0.1, 0.15) is 55.6 Å². The summed E-state index contributed by atoms with van der Waals surface area (Å²) in [4.78, 5) is 22.6. The Bertz CT molecular complexity index is 1020. The second kappa shape index (κ2) is 5.87. The minimum absolute atomic E-state index is 0.102. The highest BCUT2D eigenvalue weighted by Gasteiger charge is 2.54. The predicted molar refractivity (Wildman–Crippen MR) is 103 cm³/mol. The zero-order valence-corrected chi connectivity index (χ0v) is 16.8. The van der Waals surface area contributed by atoms with Gasteiger partial charge in [-0.1, -0.05) is 0 Å². The highest BCUT2D eigenvalue weighted by Crippen LogP contribution is 2.59. The molecule has 4 aliphatic carbocycles. The molecule has 0 aliphatic heterocycles. The maximum absolute atomic E-state index is 12.0. The lowest BCUT2D eigenvalue weighted by molar-refractivity contribution is -0.386. The van der Waals surface area contributed by atoms with E-state index in [0.717, 1.165) is 19.3 Å². The second-order valence-electron chi connectivity index (χ2n) is 9.26. The van der Waals surface area contributed by atoms with E-state index in [9.17, 15) is 20.2 Å². The minimum Gasteiger partial charge on any atom is -0.258 e. The van der Waals surface area contributed by atoms with Crippen LogP contribution in [0, 0.1) is 58.8 Å². The molecule has 4 fully saturated rings. The zero-order valence-electron chi connectivity index (χ0n) is 16.8. The Hall–Kier alpha value is -2.78. The van der Waals surface area contributed by atoms with Crippen molar-refractivity contribution in [2.45, 2.75) is 64.8 Å².